The summed E-state index contributed by atoms with van der Waals surface area (Å²) >= 11 is 5.34. The minimum atomic E-state index is -1.65. The first kappa shape index (κ1) is 15.7. The molecule has 0 aliphatic carbocycles. The number of thiocarbonyl (C=S) groups is 1. The van der Waals surface area contributed by atoms with E-state index >= 15 is 0 Å². The molecule has 1 aliphatic rings. The van der Waals surface area contributed by atoms with Gasteiger partial charge in [-0.25, -0.2) is 4.98 Å². The highest BCUT2D eigenvalue weighted by molar-refractivity contribution is 7.80. The van der Waals surface area contributed by atoms with E-state index in [9.17, 15) is 0 Å². The van der Waals surface area contributed by atoms with Crippen molar-refractivity contribution in [2.45, 2.75) is 45.2 Å². The SMILES string of the molecule is C[Si](C)(C)OC(=S)c1ccc(N2CCC[Si]2(C)C)cn1. The quantitative estimate of drug-likeness (QED) is 0.619. The molecule has 1 saturated heterocycles. The molecule has 1 fully saturated rings. The van der Waals surface area contributed by atoms with Crippen LogP contribution in [0.5, 0.6) is 0 Å². The van der Waals surface area contributed by atoms with Crippen LogP contribution in [0.15, 0.2) is 18.3 Å². The standard InChI is InChI=1S/C14H24N2OSSi2/c1-19(2,3)17-14(18)13-8-7-12(11-15-13)16-9-6-10-20(16,4)5/h7-8,11H,6,9-10H2,1-5H3. The number of hydrogen-bond donors (Lipinski definition) is 0. The molecule has 0 aromatic carbocycles. The highest BCUT2D eigenvalue weighted by Gasteiger charge is 2.34. The lowest BCUT2D eigenvalue weighted by Gasteiger charge is -2.31. The average Bonchev–Trinajstić information content (AvgIpc) is 2.67. The lowest BCUT2D eigenvalue weighted by molar-refractivity contribution is 0.566. The van der Waals surface area contributed by atoms with Gasteiger partial charge in [-0.3, -0.25) is 0 Å². The minimum absolute atomic E-state index is 0.536. The maximum Gasteiger partial charge on any atom is 0.243 e. The number of hydrogen-bond acceptors (Lipinski definition) is 4. The molecule has 0 spiro atoms. The van der Waals surface area contributed by atoms with Crippen LogP contribution in [-0.2, 0) is 4.43 Å². The van der Waals surface area contributed by atoms with Crippen molar-refractivity contribution in [3.63, 3.8) is 0 Å². The van der Waals surface area contributed by atoms with Gasteiger partial charge in [-0.15, -0.1) is 0 Å². The second-order valence-corrected chi connectivity index (χ2v) is 16.4. The smallest absolute Gasteiger partial charge is 0.243 e. The number of nitrogens with zero attached hydrogens (tertiary/aromatic N) is 2. The number of aromatic nitrogens is 1. The second kappa shape index (κ2) is 5.57. The lowest BCUT2D eigenvalue weighted by atomic mass is 10.3. The van der Waals surface area contributed by atoms with Gasteiger partial charge in [0.2, 0.25) is 8.32 Å². The van der Waals surface area contributed by atoms with Gasteiger partial charge in [0, 0.05) is 12.2 Å². The third-order valence-corrected chi connectivity index (χ3v) is 8.35. The van der Waals surface area contributed by atoms with Crippen LogP contribution in [0.3, 0.4) is 0 Å². The van der Waals surface area contributed by atoms with Crippen LogP contribution in [0, 0.1) is 0 Å². The predicted octanol–water partition coefficient (Wildman–Crippen LogP) is 4.02. The van der Waals surface area contributed by atoms with E-state index in [1.807, 2.05) is 12.3 Å². The molecule has 0 bridgehead atoms. The Morgan fingerprint density at radius 3 is 2.50 bits per heavy atom. The molecule has 0 radical (unpaired) electrons. The van der Waals surface area contributed by atoms with Gasteiger partial charge in [0.1, 0.15) is 5.69 Å². The van der Waals surface area contributed by atoms with Crippen LogP contribution in [0.1, 0.15) is 12.1 Å². The Labute approximate surface area is 129 Å². The van der Waals surface area contributed by atoms with E-state index in [4.69, 9.17) is 16.6 Å². The van der Waals surface area contributed by atoms with Crippen LogP contribution >= 0.6 is 12.2 Å². The van der Waals surface area contributed by atoms with E-state index < -0.39 is 16.6 Å². The maximum absolute atomic E-state index is 5.83. The normalized spacial score (nSPS) is 18.1. The predicted molar refractivity (Wildman–Crippen MR) is 94.6 cm³/mol. The summed E-state index contributed by atoms with van der Waals surface area (Å²) in [5.41, 5.74) is 2.02. The first-order chi connectivity index (χ1) is 9.19. The summed E-state index contributed by atoms with van der Waals surface area (Å²) in [7, 11) is -2.91. The van der Waals surface area contributed by atoms with E-state index in [0.29, 0.717) is 5.05 Å². The van der Waals surface area contributed by atoms with Gasteiger partial charge in [0.15, 0.2) is 13.3 Å². The van der Waals surface area contributed by atoms with Gasteiger partial charge in [0.25, 0.3) is 0 Å². The molecule has 0 atom stereocenters. The molecule has 2 rings (SSSR count). The topological polar surface area (TPSA) is 25.4 Å². The zero-order valence-electron chi connectivity index (χ0n) is 13.1. The summed E-state index contributed by atoms with van der Waals surface area (Å²) in [5, 5.41) is 0.536. The fourth-order valence-electron chi connectivity index (χ4n) is 2.58. The molecule has 2 heterocycles. The molecular weight excluding hydrogens is 300 g/mol. The third kappa shape index (κ3) is 3.68. The molecule has 0 amide bonds. The van der Waals surface area contributed by atoms with Crippen LogP contribution in [0.2, 0.25) is 38.8 Å². The first-order valence-corrected chi connectivity index (χ1v) is 14.1. The Hall–Kier alpha value is -0.726. The Morgan fingerprint density at radius 1 is 1.35 bits per heavy atom. The van der Waals surface area contributed by atoms with Crippen LogP contribution in [0.4, 0.5) is 5.69 Å². The van der Waals surface area contributed by atoms with Gasteiger partial charge < -0.3 is 8.99 Å². The van der Waals surface area contributed by atoms with Gasteiger partial charge >= 0.3 is 0 Å². The van der Waals surface area contributed by atoms with Crippen LogP contribution in [-0.4, -0.2) is 33.1 Å². The summed E-state index contributed by atoms with van der Waals surface area (Å²) in [6.07, 6.45) is 3.26. The fraction of sp³-hybridized carbons (Fsp3) is 0.571. The van der Waals surface area contributed by atoms with Gasteiger partial charge in [-0.05, 0) is 56.5 Å². The highest BCUT2D eigenvalue weighted by Crippen LogP contribution is 2.30. The molecule has 3 nitrogen and oxygen atoms in total. The van der Waals surface area contributed by atoms with Crippen molar-refractivity contribution >= 4 is 39.5 Å². The van der Waals surface area contributed by atoms with E-state index in [2.05, 4.69) is 48.4 Å². The second-order valence-electron chi connectivity index (χ2n) is 6.97. The fourth-order valence-corrected chi connectivity index (χ4v) is 7.00. The summed E-state index contributed by atoms with van der Waals surface area (Å²) in [6, 6.07) is 5.51. The zero-order chi connectivity index (χ0) is 15.0. The van der Waals surface area contributed by atoms with Crippen molar-refractivity contribution in [3.05, 3.63) is 24.0 Å². The van der Waals surface area contributed by atoms with Crippen molar-refractivity contribution in [3.8, 4) is 0 Å². The number of anilines is 1. The Morgan fingerprint density at radius 2 is 2.05 bits per heavy atom. The molecule has 0 N–H and O–H groups in total. The lowest BCUT2D eigenvalue weighted by Crippen LogP contribution is -2.43. The molecule has 0 unspecified atom stereocenters. The van der Waals surface area contributed by atoms with Gasteiger partial charge in [-0.1, -0.05) is 13.1 Å². The zero-order valence-corrected chi connectivity index (χ0v) is 15.9. The van der Waals surface area contributed by atoms with Gasteiger partial charge in [0.05, 0.1) is 6.20 Å². The van der Waals surface area contributed by atoms with E-state index in [1.165, 1.54) is 18.2 Å². The van der Waals surface area contributed by atoms with Crippen molar-refractivity contribution in [1.82, 2.24) is 4.98 Å². The van der Waals surface area contributed by atoms with E-state index in [-0.39, 0.29) is 0 Å². The van der Waals surface area contributed by atoms with Crippen molar-refractivity contribution in [2.75, 3.05) is 11.1 Å². The minimum Gasteiger partial charge on any atom is -0.535 e. The van der Waals surface area contributed by atoms with E-state index in [1.54, 1.807) is 0 Å². The summed E-state index contributed by atoms with van der Waals surface area (Å²) in [4.78, 5) is 4.51. The molecule has 6 heteroatoms. The Balaban J connectivity index is 2.13. The largest absolute Gasteiger partial charge is 0.535 e. The highest BCUT2D eigenvalue weighted by atomic mass is 32.1. The van der Waals surface area contributed by atoms with Crippen LogP contribution in [0.25, 0.3) is 0 Å². The number of rotatable bonds is 3. The average molecular weight is 325 g/mol. The maximum atomic E-state index is 5.83. The third-order valence-electron chi connectivity index (χ3n) is 3.57. The number of pyridine rings is 1. The summed E-state index contributed by atoms with van der Waals surface area (Å²) in [5.74, 6) is 0. The monoisotopic (exact) mass is 324 g/mol. The van der Waals surface area contributed by atoms with Crippen molar-refractivity contribution < 1.29 is 4.43 Å². The first-order valence-electron chi connectivity index (χ1n) is 7.16. The molecule has 1 aliphatic heterocycles. The summed E-state index contributed by atoms with van der Waals surface area (Å²) < 4.78 is 8.39. The van der Waals surface area contributed by atoms with Crippen LogP contribution < -0.4 is 4.57 Å². The molecule has 20 heavy (non-hydrogen) atoms. The van der Waals surface area contributed by atoms with Gasteiger partial charge in [-0.2, -0.15) is 0 Å². The molecule has 110 valence electrons. The van der Waals surface area contributed by atoms with Crippen molar-refractivity contribution in [2.24, 2.45) is 0 Å². The van der Waals surface area contributed by atoms with Crippen molar-refractivity contribution in [1.29, 1.82) is 0 Å². The van der Waals surface area contributed by atoms with E-state index in [0.717, 1.165) is 12.2 Å². The molecule has 1 aromatic rings. The Kier molecular flexibility index (Phi) is 4.36. The molecular formula is C14H24N2OSSi2. The Bertz CT molecular complexity index is 497. The molecule has 1 aromatic heterocycles. The summed E-state index contributed by atoms with van der Waals surface area (Å²) in [6.45, 7) is 12.4. The molecule has 0 saturated carbocycles.